The normalized spacial score (nSPS) is 9.94. The number of anilines is 1. The highest BCUT2D eigenvalue weighted by atomic mass is 16.6. The molecule has 0 aliphatic carbocycles. The van der Waals surface area contributed by atoms with Crippen molar-refractivity contribution in [3.05, 3.63) is 29.8 Å². The van der Waals surface area contributed by atoms with Crippen LogP contribution in [0.4, 0.5) is 10.5 Å². The molecule has 0 aliphatic rings. The molecule has 1 rings (SSSR count). The summed E-state index contributed by atoms with van der Waals surface area (Å²) in [5, 5.41) is 2.50. The van der Waals surface area contributed by atoms with Crippen molar-refractivity contribution in [1.82, 2.24) is 0 Å². The molecule has 0 aromatic heterocycles. The summed E-state index contributed by atoms with van der Waals surface area (Å²) < 4.78 is 4.89. The Balaban J connectivity index is 2.70. The number of benzene rings is 1. The molecule has 86 valence electrons. The van der Waals surface area contributed by atoms with E-state index in [0.29, 0.717) is 11.3 Å². The minimum absolute atomic E-state index is 0.195. The Hall–Kier alpha value is -2.04. The summed E-state index contributed by atoms with van der Waals surface area (Å²) in [7, 11) is 0. The molecule has 0 atom stereocenters. The van der Waals surface area contributed by atoms with E-state index in [0.717, 1.165) is 0 Å². The lowest BCUT2D eigenvalue weighted by molar-refractivity contribution is 0.1000. The van der Waals surface area contributed by atoms with Crippen molar-refractivity contribution < 1.29 is 14.3 Å². The second-order valence-electron chi connectivity index (χ2n) is 3.52. The summed E-state index contributed by atoms with van der Waals surface area (Å²) in [6.07, 6.45) is -0.754. The predicted molar refractivity (Wildman–Crippen MR) is 60.2 cm³/mol. The number of rotatable bonds is 3. The van der Waals surface area contributed by atoms with Gasteiger partial charge in [0.05, 0.1) is 6.10 Å². The summed E-state index contributed by atoms with van der Waals surface area (Å²) in [5.74, 6) is -0.541. The number of amides is 2. The van der Waals surface area contributed by atoms with Crippen LogP contribution in [0.1, 0.15) is 24.2 Å². The van der Waals surface area contributed by atoms with Crippen LogP contribution in [0.15, 0.2) is 24.3 Å². The Morgan fingerprint density at radius 2 is 2.06 bits per heavy atom. The Labute approximate surface area is 93.6 Å². The Bertz CT molecular complexity index is 402. The van der Waals surface area contributed by atoms with Gasteiger partial charge in [-0.25, -0.2) is 4.79 Å². The van der Waals surface area contributed by atoms with Gasteiger partial charge in [0, 0.05) is 11.3 Å². The van der Waals surface area contributed by atoms with Gasteiger partial charge in [-0.15, -0.1) is 0 Å². The van der Waals surface area contributed by atoms with Crippen molar-refractivity contribution in [3.8, 4) is 0 Å². The molecule has 5 nitrogen and oxygen atoms in total. The lowest BCUT2D eigenvalue weighted by atomic mass is 10.2. The van der Waals surface area contributed by atoms with Crippen molar-refractivity contribution in [2.75, 3.05) is 5.32 Å². The van der Waals surface area contributed by atoms with Gasteiger partial charge in [0.2, 0.25) is 5.91 Å². The molecule has 0 saturated heterocycles. The summed E-state index contributed by atoms with van der Waals surface area (Å²) >= 11 is 0. The number of hydrogen-bond acceptors (Lipinski definition) is 3. The maximum absolute atomic E-state index is 11.3. The molecule has 1 aromatic carbocycles. The SMILES string of the molecule is CC(C)OC(=O)Nc1cccc(C(N)=O)c1. The van der Waals surface area contributed by atoms with E-state index in [1.165, 1.54) is 6.07 Å². The first-order chi connectivity index (χ1) is 7.49. The Morgan fingerprint density at radius 1 is 1.38 bits per heavy atom. The third-order valence-corrected chi connectivity index (χ3v) is 1.74. The molecule has 0 radical (unpaired) electrons. The van der Waals surface area contributed by atoms with Crippen molar-refractivity contribution in [2.24, 2.45) is 5.73 Å². The zero-order valence-electron chi connectivity index (χ0n) is 9.19. The number of primary amides is 1. The maximum Gasteiger partial charge on any atom is 0.411 e. The van der Waals surface area contributed by atoms with E-state index in [1.54, 1.807) is 32.0 Å². The summed E-state index contributed by atoms with van der Waals surface area (Å²) in [5.41, 5.74) is 5.92. The van der Waals surface area contributed by atoms with Crippen LogP contribution in [0.5, 0.6) is 0 Å². The molecule has 0 fully saturated rings. The fourth-order valence-corrected chi connectivity index (χ4v) is 1.11. The Morgan fingerprint density at radius 3 is 2.62 bits per heavy atom. The molecule has 1 aromatic rings. The molecule has 0 spiro atoms. The van der Waals surface area contributed by atoms with Gasteiger partial charge in [-0.05, 0) is 32.0 Å². The standard InChI is InChI=1S/C11H14N2O3/c1-7(2)16-11(15)13-9-5-3-4-8(6-9)10(12)14/h3-7H,1-2H3,(H2,12,14)(H,13,15). The molecule has 0 bridgehead atoms. The van der Waals surface area contributed by atoms with E-state index in [-0.39, 0.29) is 6.10 Å². The van der Waals surface area contributed by atoms with Crippen LogP contribution in [0.2, 0.25) is 0 Å². The summed E-state index contributed by atoms with van der Waals surface area (Å²) in [6, 6.07) is 6.34. The summed E-state index contributed by atoms with van der Waals surface area (Å²) in [6.45, 7) is 3.50. The van der Waals surface area contributed by atoms with Crippen molar-refractivity contribution in [2.45, 2.75) is 20.0 Å². The lowest BCUT2D eigenvalue weighted by Gasteiger charge is -2.09. The molecule has 2 amide bonds. The van der Waals surface area contributed by atoms with E-state index in [9.17, 15) is 9.59 Å². The van der Waals surface area contributed by atoms with Crippen molar-refractivity contribution in [1.29, 1.82) is 0 Å². The van der Waals surface area contributed by atoms with Gasteiger partial charge < -0.3 is 10.5 Å². The van der Waals surface area contributed by atoms with Crippen LogP contribution in [-0.2, 0) is 4.74 Å². The largest absolute Gasteiger partial charge is 0.447 e. The molecule has 0 saturated carbocycles. The molecule has 0 unspecified atom stereocenters. The number of nitrogens with one attached hydrogen (secondary N) is 1. The first-order valence-electron chi connectivity index (χ1n) is 4.86. The van der Waals surface area contributed by atoms with Gasteiger partial charge in [0.25, 0.3) is 0 Å². The van der Waals surface area contributed by atoms with Gasteiger partial charge in [-0.1, -0.05) is 6.07 Å². The number of nitrogens with two attached hydrogens (primary N) is 1. The zero-order chi connectivity index (χ0) is 12.1. The minimum Gasteiger partial charge on any atom is -0.447 e. The van der Waals surface area contributed by atoms with Crippen LogP contribution in [-0.4, -0.2) is 18.1 Å². The van der Waals surface area contributed by atoms with E-state index in [1.807, 2.05) is 0 Å². The molecule has 3 N–H and O–H groups in total. The van der Waals surface area contributed by atoms with Crippen LogP contribution < -0.4 is 11.1 Å². The van der Waals surface area contributed by atoms with Gasteiger partial charge in [0.1, 0.15) is 0 Å². The molecular weight excluding hydrogens is 208 g/mol. The van der Waals surface area contributed by atoms with Crippen LogP contribution >= 0.6 is 0 Å². The first-order valence-corrected chi connectivity index (χ1v) is 4.86. The third kappa shape index (κ3) is 3.61. The highest BCUT2D eigenvalue weighted by Crippen LogP contribution is 2.10. The van der Waals surface area contributed by atoms with Crippen LogP contribution in [0.3, 0.4) is 0 Å². The van der Waals surface area contributed by atoms with Crippen LogP contribution in [0, 0.1) is 0 Å². The van der Waals surface area contributed by atoms with Gasteiger partial charge in [0.15, 0.2) is 0 Å². The second-order valence-corrected chi connectivity index (χ2v) is 3.52. The fourth-order valence-electron chi connectivity index (χ4n) is 1.11. The number of carbonyl (C=O) groups excluding carboxylic acids is 2. The highest BCUT2D eigenvalue weighted by Gasteiger charge is 2.07. The van der Waals surface area contributed by atoms with Gasteiger partial charge >= 0.3 is 6.09 Å². The number of carbonyl (C=O) groups is 2. The van der Waals surface area contributed by atoms with Crippen molar-refractivity contribution >= 4 is 17.7 Å². The lowest BCUT2D eigenvalue weighted by Crippen LogP contribution is -2.18. The molecule has 0 heterocycles. The van der Waals surface area contributed by atoms with Crippen molar-refractivity contribution in [3.63, 3.8) is 0 Å². The average Bonchev–Trinajstić information content (AvgIpc) is 2.16. The smallest absolute Gasteiger partial charge is 0.411 e. The third-order valence-electron chi connectivity index (χ3n) is 1.74. The molecular formula is C11H14N2O3. The monoisotopic (exact) mass is 222 g/mol. The fraction of sp³-hybridized carbons (Fsp3) is 0.273. The van der Waals surface area contributed by atoms with E-state index < -0.39 is 12.0 Å². The molecule has 5 heteroatoms. The van der Waals surface area contributed by atoms with Crippen LogP contribution in [0.25, 0.3) is 0 Å². The Kier molecular flexibility index (Phi) is 3.88. The van der Waals surface area contributed by atoms with Gasteiger partial charge in [-0.2, -0.15) is 0 Å². The second kappa shape index (κ2) is 5.16. The van der Waals surface area contributed by atoms with Gasteiger partial charge in [-0.3, -0.25) is 10.1 Å². The first kappa shape index (κ1) is 12.0. The topological polar surface area (TPSA) is 81.4 Å². The predicted octanol–water partition coefficient (Wildman–Crippen LogP) is 1.74. The van der Waals surface area contributed by atoms with E-state index >= 15 is 0 Å². The van der Waals surface area contributed by atoms with E-state index in [2.05, 4.69) is 5.32 Å². The zero-order valence-corrected chi connectivity index (χ0v) is 9.19. The molecule has 0 aliphatic heterocycles. The average molecular weight is 222 g/mol. The summed E-state index contributed by atoms with van der Waals surface area (Å²) in [4.78, 5) is 22.1. The highest BCUT2D eigenvalue weighted by molar-refractivity contribution is 5.95. The quantitative estimate of drug-likeness (QED) is 0.817. The molecule has 16 heavy (non-hydrogen) atoms. The maximum atomic E-state index is 11.3. The number of hydrogen-bond donors (Lipinski definition) is 2. The number of ether oxygens (including phenoxy) is 1. The minimum atomic E-state index is -0.559. The van der Waals surface area contributed by atoms with E-state index in [4.69, 9.17) is 10.5 Å².